The Morgan fingerprint density at radius 1 is 1.39 bits per heavy atom. The summed E-state index contributed by atoms with van der Waals surface area (Å²) in [6.07, 6.45) is 4.57. The minimum Gasteiger partial charge on any atom is -0.396 e. The summed E-state index contributed by atoms with van der Waals surface area (Å²) in [6, 6.07) is 3.22. The van der Waals surface area contributed by atoms with Gasteiger partial charge in [0.05, 0.1) is 5.69 Å². The highest BCUT2D eigenvalue weighted by Gasteiger charge is 2.35. The number of hydrogen-bond donors (Lipinski definition) is 1. The molecule has 0 saturated carbocycles. The number of aryl methyl sites for hydroxylation is 1. The van der Waals surface area contributed by atoms with Crippen LogP contribution in [0.5, 0.6) is 0 Å². The van der Waals surface area contributed by atoms with Crippen molar-refractivity contribution in [3.63, 3.8) is 0 Å². The number of hydrogen-bond acceptors (Lipinski definition) is 4. The van der Waals surface area contributed by atoms with Crippen LogP contribution >= 0.6 is 0 Å². The van der Waals surface area contributed by atoms with Gasteiger partial charge in [0, 0.05) is 31.4 Å². The second kappa shape index (κ2) is 4.43. The number of pyridine rings is 1. The van der Waals surface area contributed by atoms with E-state index in [0.29, 0.717) is 12.1 Å². The summed E-state index contributed by atoms with van der Waals surface area (Å²) in [7, 11) is 0. The molecule has 2 unspecified atom stereocenters. The maximum atomic E-state index is 6.13. The van der Waals surface area contributed by atoms with Gasteiger partial charge in [-0.05, 0) is 44.9 Å². The molecule has 1 aromatic rings. The van der Waals surface area contributed by atoms with E-state index in [2.05, 4.69) is 21.7 Å². The Morgan fingerprint density at radius 3 is 3.00 bits per heavy atom. The van der Waals surface area contributed by atoms with Gasteiger partial charge in [-0.1, -0.05) is 0 Å². The average molecular weight is 246 g/mol. The molecule has 2 saturated heterocycles. The maximum absolute atomic E-state index is 6.13. The molecule has 0 amide bonds. The van der Waals surface area contributed by atoms with Gasteiger partial charge in [0.25, 0.3) is 0 Å². The first-order chi connectivity index (χ1) is 8.65. The lowest BCUT2D eigenvalue weighted by molar-refractivity contribution is 0.202. The summed E-state index contributed by atoms with van der Waals surface area (Å²) < 4.78 is 0. The van der Waals surface area contributed by atoms with Gasteiger partial charge in [0.2, 0.25) is 0 Å². The zero-order valence-corrected chi connectivity index (χ0v) is 11.3. The average Bonchev–Trinajstić information content (AvgIpc) is 2.75. The number of rotatable bonds is 1. The number of fused-ring (bicyclic) bond motifs is 1. The molecular formula is C14H22N4. The fraction of sp³-hybridized carbons (Fsp3) is 0.643. The molecule has 2 fully saturated rings. The Bertz CT molecular complexity index is 445. The summed E-state index contributed by atoms with van der Waals surface area (Å²) in [5.41, 5.74) is 8.08. The van der Waals surface area contributed by atoms with E-state index in [-0.39, 0.29) is 0 Å². The van der Waals surface area contributed by atoms with E-state index in [1.54, 1.807) is 0 Å². The molecule has 4 nitrogen and oxygen atoms in total. The third kappa shape index (κ3) is 1.94. The Morgan fingerprint density at radius 2 is 2.22 bits per heavy atom. The lowest BCUT2D eigenvalue weighted by atomic mass is 10.1. The predicted octanol–water partition coefficient (Wildman–Crippen LogP) is 1.65. The lowest BCUT2D eigenvalue weighted by Crippen LogP contribution is -2.55. The molecule has 1 aromatic heterocycles. The molecule has 0 spiro atoms. The van der Waals surface area contributed by atoms with E-state index in [4.69, 9.17) is 5.73 Å². The summed E-state index contributed by atoms with van der Waals surface area (Å²) in [5.74, 6) is 0.972. The Kier molecular flexibility index (Phi) is 2.90. The summed E-state index contributed by atoms with van der Waals surface area (Å²) in [4.78, 5) is 9.56. The van der Waals surface area contributed by atoms with Crippen molar-refractivity contribution in [2.24, 2.45) is 0 Å². The monoisotopic (exact) mass is 246 g/mol. The van der Waals surface area contributed by atoms with Crippen LogP contribution in [-0.2, 0) is 0 Å². The van der Waals surface area contributed by atoms with E-state index in [1.165, 1.54) is 19.4 Å². The molecule has 0 bridgehead atoms. The highest BCUT2D eigenvalue weighted by molar-refractivity contribution is 5.64. The third-order valence-electron chi connectivity index (χ3n) is 4.24. The molecule has 3 rings (SSSR count). The van der Waals surface area contributed by atoms with Gasteiger partial charge in [-0.2, -0.15) is 0 Å². The largest absolute Gasteiger partial charge is 0.396 e. The standard InChI is InChI=1S/C14H22N4/c1-10-6-13(15)14(16-7-10)18-9-12-4-3-5-17(12)8-11(18)2/h6-7,11-12H,3-5,8-9,15H2,1-2H3. The predicted molar refractivity (Wildman–Crippen MR) is 74.8 cm³/mol. The normalized spacial score (nSPS) is 28.4. The second-order valence-corrected chi connectivity index (χ2v) is 5.72. The van der Waals surface area contributed by atoms with Gasteiger partial charge < -0.3 is 10.6 Å². The van der Waals surface area contributed by atoms with E-state index >= 15 is 0 Å². The molecule has 3 heterocycles. The zero-order valence-electron chi connectivity index (χ0n) is 11.3. The lowest BCUT2D eigenvalue weighted by Gasteiger charge is -2.43. The highest BCUT2D eigenvalue weighted by atomic mass is 15.3. The van der Waals surface area contributed by atoms with E-state index < -0.39 is 0 Å². The minimum atomic E-state index is 0.497. The fourth-order valence-corrected chi connectivity index (χ4v) is 3.31. The number of piperazine rings is 1. The van der Waals surface area contributed by atoms with Gasteiger partial charge in [-0.25, -0.2) is 4.98 Å². The van der Waals surface area contributed by atoms with Gasteiger partial charge in [0.1, 0.15) is 0 Å². The van der Waals surface area contributed by atoms with Crippen molar-refractivity contribution in [1.82, 2.24) is 9.88 Å². The van der Waals surface area contributed by atoms with Crippen LogP contribution < -0.4 is 10.6 Å². The van der Waals surface area contributed by atoms with E-state index in [0.717, 1.165) is 30.2 Å². The van der Waals surface area contributed by atoms with Crippen molar-refractivity contribution in [3.8, 4) is 0 Å². The molecule has 2 aliphatic rings. The topological polar surface area (TPSA) is 45.4 Å². The zero-order chi connectivity index (χ0) is 12.7. The first-order valence-electron chi connectivity index (χ1n) is 6.88. The quantitative estimate of drug-likeness (QED) is 0.818. The van der Waals surface area contributed by atoms with Crippen LogP contribution in [0, 0.1) is 6.92 Å². The van der Waals surface area contributed by atoms with E-state index in [1.807, 2.05) is 19.2 Å². The van der Waals surface area contributed by atoms with Crippen molar-refractivity contribution >= 4 is 11.5 Å². The summed E-state index contributed by atoms with van der Waals surface area (Å²) >= 11 is 0. The Labute approximate surface area is 109 Å². The fourth-order valence-electron chi connectivity index (χ4n) is 3.31. The molecule has 18 heavy (non-hydrogen) atoms. The van der Waals surface area contributed by atoms with Crippen LogP contribution in [0.15, 0.2) is 12.3 Å². The van der Waals surface area contributed by atoms with Gasteiger partial charge >= 0.3 is 0 Å². The van der Waals surface area contributed by atoms with Gasteiger partial charge in [0.15, 0.2) is 5.82 Å². The number of nitrogens with two attached hydrogens (primary N) is 1. The number of anilines is 2. The molecule has 0 aromatic carbocycles. The first kappa shape index (κ1) is 11.8. The molecule has 2 N–H and O–H groups in total. The summed E-state index contributed by atoms with van der Waals surface area (Å²) in [5, 5.41) is 0. The highest BCUT2D eigenvalue weighted by Crippen LogP contribution is 2.30. The van der Waals surface area contributed by atoms with Crippen molar-refractivity contribution in [2.45, 2.75) is 38.8 Å². The maximum Gasteiger partial charge on any atom is 0.152 e. The van der Waals surface area contributed by atoms with Crippen molar-refractivity contribution in [2.75, 3.05) is 30.3 Å². The molecule has 4 heteroatoms. The van der Waals surface area contributed by atoms with Crippen molar-refractivity contribution in [1.29, 1.82) is 0 Å². The third-order valence-corrected chi connectivity index (χ3v) is 4.24. The van der Waals surface area contributed by atoms with Crippen LogP contribution in [0.2, 0.25) is 0 Å². The number of aromatic nitrogens is 1. The van der Waals surface area contributed by atoms with Crippen molar-refractivity contribution < 1.29 is 0 Å². The summed E-state index contributed by atoms with van der Waals surface area (Å²) in [6.45, 7) is 7.78. The molecule has 98 valence electrons. The SMILES string of the molecule is Cc1cnc(N2CC3CCCN3CC2C)c(N)c1. The van der Waals surface area contributed by atoms with Crippen LogP contribution in [0.25, 0.3) is 0 Å². The number of nitrogen functional groups attached to an aromatic ring is 1. The van der Waals surface area contributed by atoms with Crippen LogP contribution in [0.3, 0.4) is 0 Å². The van der Waals surface area contributed by atoms with Crippen LogP contribution in [0.4, 0.5) is 11.5 Å². The number of nitrogens with zero attached hydrogens (tertiary/aromatic N) is 3. The smallest absolute Gasteiger partial charge is 0.152 e. The second-order valence-electron chi connectivity index (χ2n) is 5.72. The van der Waals surface area contributed by atoms with Gasteiger partial charge in [-0.3, -0.25) is 4.90 Å². The molecule has 2 atom stereocenters. The van der Waals surface area contributed by atoms with Crippen LogP contribution in [-0.4, -0.2) is 41.6 Å². The molecular weight excluding hydrogens is 224 g/mol. The Hall–Kier alpha value is -1.29. The molecule has 0 aliphatic carbocycles. The van der Waals surface area contributed by atoms with Crippen molar-refractivity contribution in [3.05, 3.63) is 17.8 Å². The first-order valence-corrected chi connectivity index (χ1v) is 6.88. The minimum absolute atomic E-state index is 0.497. The van der Waals surface area contributed by atoms with Gasteiger partial charge in [-0.15, -0.1) is 0 Å². The van der Waals surface area contributed by atoms with E-state index in [9.17, 15) is 0 Å². The molecule has 2 aliphatic heterocycles. The van der Waals surface area contributed by atoms with Crippen LogP contribution in [0.1, 0.15) is 25.3 Å². The Balaban J connectivity index is 1.86. The molecule has 0 radical (unpaired) electrons.